The first-order valence-electron chi connectivity index (χ1n) is 4.20. The Bertz CT molecular complexity index is 171. The van der Waals surface area contributed by atoms with Crippen molar-refractivity contribution in [2.75, 3.05) is 20.3 Å². The first-order chi connectivity index (χ1) is 6.16. The second kappa shape index (κ2) is 7.54. The van der Waals surface area contributed by atoms with E-state index in [0.29, 0.717) is 19.4 Å². The number of carbonyl (C=O) groups is 2. The number of nitrogens with two attached hydrogens (primary N) is 1. The Morgan fingerprint density at radius 3 is 2.62 bits per heavy atom. The summed E-state index contributed by atoms with van der Waals surface area (Å²) in [6.45, 7) is 0.644. The van der Waals surface area contributed by atoms with Gasteiger partial charge in [-0.1, -0.05) is 0 Å². The lowest BCUT2D eigenvalue weighted by Crippen LogP contribution is -2.28. The summed E-state index contributed by atoms with van der Waals surface area (Å²) in [4.78, 5) is 21.1. The zero-order valence-corrected chi connectivity index (χ0v) is 7.84. The van der Waals surface area contributed by atoms with Crippen molar-refractivity contribution in [1.82, 2.24) is 5.32 Å². The van der Waals surface area contributed by atoms with Crippen LogP contribution in [0, 0.1) is 0 Å². The lowest BCUT2D eigenvalue weighted by Gasteiger charge is -2.02. The van der Waals surface area contributed by atoms with Crippen LogP contribution in [0.5, 0.6) is 0 Å². The van der Waals surface area contributed by atoms with Gasteiger partial charge in [0, 0.05) is 20.1 Å². The van der Waals surface area contributed by atoms with Gasteiger partial charge in [-0.05, 0) is 12.8 Å². The minimum atomic E-state index is -0.303. The van der Waals surface area contributed by atoms with Gasteiger partial charge in [0.05, 0.1) is 0 Å². The highest BCUT2D eigenvalue weighted by Gasteiger charge is 1.98. The predicted molar refractivity (Wildman–Crippen MR) is 47.9 cm³/mol. The Kier molecular flexibility index (Phi) is 6.91. The molecule has 13 heavy (non-hydrogen) atoms. The molecule has 0 aliphatic rings. The van der Waals surface area contributed by atoms with Gasteiger partial charge in [0.15, 0.2) is 0 Å². The van der Waals surface area contributed by atoms with Crippen LogP contribution >= 0.6 is 0 Å². The van der Waals surface area contributed by atoms with Crippen molar-refractivity contribution < 1.29 is 14.3 Å². The highest BCUT2D eigenvalue weighted by atomic mass is 16.5. The Hall–Kier alpha value is -1.10. The average Bonchev–Trinajstić information content (AvgIpc) is 2.03. The average molecular weight is 188 g/mol. The molecule has 0 aromatic rings. The van der Waals surface area contributed by atoms with Gasteiger partial charge in [0.25, 0.3) is 0 Å². The maximum atomic E-state index is 10.8. The summed E-state index contributed by atoms with van der Waals surface area (Å²) in [5, 5.41) is 2.64. The topological polar surface area (TPSA) is 81.4 Å². The van der Waals surface area contributed by atoms with Crippen LogP contribution in [0.25, 0.3) is 0 Å². The lowest BCUT2D eigenvalue weighted by atomic mass is 10.2. The summed E-state index contributed by atoms with van der Waals surface area (Å²) < 4.78 is 4.61. The van der Waals surface area contributed by atoms with Gasteiger partial charge < -0.3 is 15.8 Å². The zero-order chi connectivity index (χ0) is 10.1. The fraction of sp³-hybridized carbons (Fsp3) is 0.750. The quantitative estimate of drug-likeness (QED) is 0.524. The third-order valence-corrected chi connectivity index (χ3v) is 1.45. The Morgan fingerprint density at radius 2 is 2.08 bits per heavy atom. The molecule has 3 N–H and O–H groups in total. The summed E-state index contributed by atoms with van der Waals surface area (Å²) in [7, 11) is 1.46. The van der Waals surface area contributed by atoms with Crippen molar-refractivity contribution in [3.63, 3.8) is 0 Å². The van der Waals surface area contributed by atoms with Crippen LogP contribution in [0.1, 0.15) is 19.3 Å². The van der Waals surface area contributed by atoms with E-state index in [1.54, 1.807) is 0 Å². The molecule has 0 radical (unpaired) electrons. The Balaban J connectivity index is 3.16. The van der Waals surface area contributed by atoms with Crippen LogP contribution in [-0.4, -0.2) is 32.1 Å². The molecule has 0 heterocycles. The lowest BCUT2D eigenvalue weighted by molar-refractivity contribution is -0.124. The number of nitrogens with one attached hydrogen (secondary N) is 1. The van der Waals surface area contributed by atoms with Gasteiger partial charge in [0.1, 0.15) is 6.61 Å². The molecule has 0 saturated heterocycles. The third-order valence-electron chi connectivity index (χ3n) is 1.45. The molecule has 0 aromatic heterocycles. The standard InChI is InChI=1S/C8H16N2O3/c1-13-6-8(12)10-5-3-2-4-7(9)11/h2-6H2,1H3,(H2,9,11)(H,10,12). The van der Waals surface area contributed by atoms with Crippen molar-refractivity contribution >= 4 is 11.8 Å². The van der Waals surface area contributed by atoms with Gasteiger partial charge in [-0.3, -0.25) is 9.59 Å². The molecule has 0 saturated carbocycles. The maximum absolute atomic E-state index is 10.8. The van der Waals surface area contributed by atoms with E-state index in [0.717, 1.165) is 6.42 Å². The van der Waals surface area contributed by atoms with Crippen LogP contribution in [-0.2, 0) is 14.3 Å². The number of rotatable bonds is 7. The van der Waals surface area contributed by atoms with E-state index >= 15 is 0 Å². The van der Waals surface area contributed by atoms with Gasteiger partial charge in [-0.15, -0.1) is 0 Å². The molecular weight excluding hydrogens is 172 g/mol. The number of hydrogen-bond donors (Lipinski definition) is 2. The normalized spacial score (nSPS) is 9.62. The number of methoxy groups -OCH3 is 1. The van der Waals surface area contributed by atoms with Crippen LogP contribution in [0.3, 0.4) is 0 Å². The summed E-state index contributed by atoms with van der Waals surface area (Å²) in [6.07, 6.45) is 1.85. The molecule has 2 amide bonds. The minimum absolute atomic E-state index is 0.0792. The van der Waals surface area contributed by atoms with Crippen molar-refractivity contribution in [3.8, 4) is 0 Å². The van der Waals surface area contributed by atoms with E-state index in [1.165, 1.54) is 7.11 Å². The molecule has 0 spiro atoms. The van der Waals surface area contributed by atoms with E-state index in [4.69, 9.17) is 5.73 Å². The number of ether oxygens (including phenoxy) is 1. The highest BCUT2D eigenvalue weighted by Crippen LogP contribution is 1.91. The van der Waals surface area contributed by atoms with E-state index in [-0.39, 0.29) is 18.4 Å². The largest absolute Gasteiger partial charge is 0.375 e. The fourth-order valence-electron chi connectivity index (χ4n) is 0.834. The van der Waals surface area contributed by atoms with E-state index in [1.807, 2.05) is 0 Å². The van der Waals surface area contributed by atoms with E-state index in [2.05, 4.69) is 10.1 Å². The molecule has 76 valence electrons. The zero-order valence-electron chi connectivity index (χ0n) is 7.84. The second-order valence-electron chi connectivity index (χ2n) is 2.71. The molecule has 0 fully saturated rings. The van der Waals surface area contributed by atoms with Gasteiger partial charge in [-0.25, -0.2) is 0 Å². The van der Waals surface area contributed by atoms with Gasteiger partial charge in [-0.2, -0.15) is 0 Å². The van der Waals surface area contributed by atoms with Gasteiger partial charge >= 0.3 is 0 Å². The monoisotopic (exact) mass is 188 g/mol. The molecule has 0 aromatic carbocycles. The molecule has 5 nitrogen and oxygen atoms in total. The number of unbranched alkanes of at least 4 members (excludes halogenated alkanes) is 1. The van der Waals surface area contributed by atoms with Crippen LogP contribution in [0.15, 0.2) is 0 Å². The Morgan fingerprint density at radius 1 is 1.38 bits per heavy atom. The number of amides is 2. The molecule has 0 unspecified atom stereocenters. The van der Waals surface area contributed by atoms with Gasteiger partial charge in [0.2, 0.25) is 11.8 Å². The van der Waals surface area contributed by atoms with Crippen molar-refractivity contribution in [3.05, 3.63) is 0 Å². The fourth-order valence-corrected chi connectivity index (χ4v) is 0.834. The molecule has 0 aliphatic carbocycles. The van der Waals surface area contributed by atoms with Crippen molar-refractivity contribution in [2.24, 2.45) is 5.73 Å². The van der Waals surface area contributed by atoms with Crippen LogP contribution < -0.4 is 11.1 Å². The summed E-state index contributed by atoms with van der Waals surface area (Å²) in [5.74, 6) is -0.440. The van der Waals surface area contributed by atoms with E-state index in [9.17, 15) is 9.59 Å². The molecule has 0 aliphatic heterocycles. The minimum Gasteiger partial charge on any atom is -0.375 e. The van der Waals surface area contributed by atoms with Crippen molar-refractivity contribution in [2.45, 2.75) is 19.3 Å². The van der Waals surface area contributed by atoms with Crippen LogP contribution in [0.4, 0.5) is 0 Å². The summed E-state index contributed by atoms with van der Waals surface area (Å²) >= 11 is 0. The number of primary amides is 1. The molecular formula is C8H16N2O3. The molecule has 0 atom stereocenters. The number of hydrogen-bond acceptors (Lipinski definition) is 3. The molecule has 5 heteroatoms. The highest BCUT2D eigenvalue weighted by molar-refractivity contribution is 5.77. The second-order valence-corrected chi connectivity index (χ2v) is 2.71. The SMILES string of the molecule is COCC(=O)NCCCCC(N)=O. The first-order valence-corrected chi connectivity index (χ1v) is 4.20. The predicted octanol–water partition coefficient (Wildman–Crippen LogP) is -0.595. The summed E-state index contributed by atoms with van der Waals surface area (Å²) in [5.41, 5.74) is 4.94. The number of carbonyl (C=O) groups excluding carboxylic acids is 2. The van der Waals surface area contributed by atoms with E-state index < -0.39 is 0 Å². The molecule has 0 rings (SSSR count). The smallest absolute Gasteiger partial charge is 0.245 e. The summed E-state index contributed by atoms with van der Waals surface area (Å²) in [6, 6.07) is 0. The Labute approximate surface area is 77.6 Å². The third kappa shape index (κ3) is 8.81. The first kappa shape index (κ1) is 11.9. The molecule has 0 bridgehead atoms. The maximum Gasteiger partial charge on any atom is 0.245 e. The van der Waals surface area contributed by atoms with Crippen LogP contribution in [0.2, 0.25) is 0 Å². The van der Waals surface area contributed by atoms with Crippen molar-refractivity contribution in [1.29, 1.82) is 0 Å².